The van der Waals surface area contributed by atoms with Crippen molar-refractivity contribution in [3.05, 3.63) is 96.1 Å². The number of thioether (sulfide) groups is 1. The van der Waals surface area contributed by atoms with E-state index < -0.39 is 0 Å². The molecule has 0 bridgehead atoms. The number of phenolic OH excluding ortho intramolecular Hbond substituents is 1. The average Bonchev–Trinajstić information content (AvgIpc) is 2.99. The van der Waals surface area contributed by atoms with Crippen LogP contribution >= 0.6 is 11.8 Å². The Morgan fingerprint density at radius 2 is 1.67 bits per heavy atom. The van der Waals surface area contributed by atoms with Crippen molar-refractivity contribution >= 4 is 33.9 Å². The Morgan fingerprint density at radius 3 is 2.57 bits per heavy atom. The summed E-state index contributed by atoms with van der Waals surface area (Å²) < 4.78 is 5.65. The Balaban J connectivity index is 1.67. The first-order valence-corrected chi connectivity index (χ1v) is 10.8. The summed E-state index contributed by atoms with van der Waals surface area (Å²) in [4.78, 5) is 6.13. The summed E-state index contributed by atoms with van der Waals surface area (Å²) in [6.45, 7) is 0. The number of phenols is 1. The third-order valence-electron chi connectivity index (χ3n) is 5.47. The first-order chi connectivity index (χ1) is 14.7. The highest BCUT2D eigenvalue weighted by Gasteiger charge is 2.26. The van der Waals surface area contributed by atoms with Gasteiger partial charge in [-0.15, -0.1) is 11.8 Å². The van der Waals surface area contributed by atoms with E-state index in [1.165, 1.54) is 0 Å². The molecular formula is C26H21NO2S. The van der Waals surface area contributed by atoms with Gasteiger partial charge >= 0.3 is 0 Å². The normalized spacial score (nSPS) is 15.9. The van der Waals surface area contributed by atoms with Crippen LogP contribution in [0.1, 0.15) is 22.8 Å². The number of hydrogen-bond donors (Lipinski definition) is 1. The van der Waals surface area contributed by atoms with Crippen LogP contribution in [0.5, 0.6) is 11.5 Å². The van der Waals surface area contributed by atoms with Crippen molar-refractivity contribution in [2.24, 2.45) is 4.99 Å². The van der Waals surface area contributed by atoms with Crippen LogP contribution < -0.4 is 4.74 Å². The van der Waals surface area contributed by atoms with Gasteiger partial charge in [-0.3, -0.25) is 4.99 Å². The molecule has 4 heteroatoms. The van der Waals surface area contributed by atoms with Crippen LogP contribution in [0.4, 0.5) is 5.69 Å². The predicted octanol–water partition coefficient (Wildman–Crippen LogP) is 6.91. The minimum Gasteiger partial charge on any atom is -0.507 e. The van der Waals surface area contributed by atoms with Gasteiger partial charge in [0.15, 0.2) is 0 Å². The number of hydrogen-bond acceptors (Lipinski definition) is 4. The molecule has 0 saturated carbocycles. The van der Waals surface area contributed by atoms with Crippen molar-refractivity contribution in [3.8, 4) is 11.5 Å². The number of benzene rings is 4. The van der Waals surface area contributed by atoms with E-state index in [1.807, 2.05) is 66.7 Å². The second-order valence-electron chi connectivity index (χ2n) is 7.26. The Kier molecular flexibility index (Phi) is 4.93. The number of fused-ring (bicyclic) bond motifs is 2. The van der Waals surface area contributed by atoms with Gasteiger partial charge in [-0.05, 0) is 29.7 Å². The summed E-state index contributed by atoms with van der Waals surface area (Å²) in [6, 6.07) is 28.2. The van der Waals surface area contributed by atoms with Crippen molar-refractivity contribution in [1.82, 2.24) is 0 Å². The summed E-state index contributed by atoms with van der Waals surface area (Å²) >= 11 is 1.79. The Bertz CT molecular complexity index is 1260. The summed E-state index contributed by atoms with van der Waals surface area (Å²) in [5, 5.41) is 13.1. The van der Waals surface area contributed by atoms with Crippen LogP contribution in [0.3, 0.4) is 0 Å². The largest absolute Gasteiger partial charge is 0.507 e. The van der Waals surface area contributed by atoms with Crippen molar-refractivity contribution in [2.75, 3.05) is 7.11 Å². The zero-order valence-corrected chi connectivity index (χ0v) is 17.4. The molecular weight excluding hydrogens is 390 g/mol. The monoisotopic (exact) mass is 411 g/mol. The van der Waals surface area contributed by atoms with Gasteiger partial charge in [-0.25, -0.2) is 0 Å². The molecule has 1 unspecified atom stereocenters. The maximum absolute atomic E-state index is 11.1. The highest BCUT2D eigenvalue weighted by molar-refractivity contribution is 7.99. The van der Waals surface area contributed by atoms with Gasteiger partial charge in [0.25, 0.3) is 0 Å². The van der Waals surface area contributed by atoms with Crippen LogP contribution in [0.2, 0.25) is 0 Å². The molecule has 0 aromatic heterocycles. The first kappa shape index (κ1) is 18.8. The number of methoxy groups -OCH3 is 1. The fourth-order valence-corrected chi connectivity index (χ4v) is 5.24. The van der Waals surface area contributed by atoms with Gasteiger partial charge in [0, 0.05) is 33.1 Å². The van der Waals surface area contributed by atoms with Crippen molar-refractivity contribution in [2.45, 2.75) is 16.6 Å². The number of aromatic hydroxyl groups is 1. The Labute approximate surface area is 180 Å². The molecule has 5 rings (SSSR count). The molecule has 1 aliphatic heterocycles. The SMILES string of the molecule is COc1ccccc1C1CC(c2ccc3ccccc3c2O)=Nc2ccccc2S1. The fraction of sp³-hybridized carbons (Fsp3) is 0.115. The second kappa shape index (κ2) is 7.88. The Morgan fingerprint density at radius 1 is 0.900 bits per heavy atom. The maximum Gasteiger partial charge on any atom is 0.132 e. The summed E-state index contributed by atoms with van der Waals surface area (Å²) in [7, 11) is 1.71. The molecule has 1 atom stereocenters. The number of nitrogens with zero attached hydrogens (tertiary/aromatic N) is 1. The van der Waals surface area contributed by atoms with Gasteiger partial charge in [0.1, 0.15) is 11.5 Å². The third-order valence-corrected chi connectivity index (χ3v) is 6.77. The van der Waals surface area contributed by atoms with E-state index in [4.69, 9.17) is 9.73 Å². The molecule has 0 aliphatic carbocycles. The molecule has 0 radical (unpaired) electrons. The minimum absolute atomic E-state index is 0.120. The quantitative estimate of drug-likeness (QED) is 0.398. The minimum atomic E-state index is 0.120. The molecule has 0 spiro atoms. The number of ether oxygens (including phenoxy) is 1. The van der Waals surface area contributed by atoms with E-state index in [-0.39, 0.29) is 11.0 Å². The van der Waals surface area contributed by atoms with Crippen LogP contribution in [0.15, 0.2) is 94.8 Å². The van der Waals surface area contributed by atoms with Gasteiger partial charge in [-0.2, -0.15) is 0 Å². The lowest BCUT2D eigenvalue weighted by atomic mass is 9.97. The lowest BCUT2D eigenvalue weighted by Crippen LogP contribution is -2.07. The van der Waals surface area contributed by atoms with Crippen molar-refractivity contribution < 1.29 is 9.84 Å². The molecule has 0 amide bonds. The number of rotatable bonds is 3. The molecule has 30 heavy (non-hydrogen) atoms. The Hall–Kier alpha value is -3.24. The molecule has 4 aromatic rings. The van der Waals surface area contributed by atoms with Gasteiger partial charge in [0.2, 0.25) is 0 Å². The van der Waals surface area contributed by atoms with Gasteiger partial charge < -0.3 is 9.84 Å². The summed E-state index contributed by atoms with van der Waals surface area (Å²) in [5.41, 5.74) is 3.73. The van der Waals surface area contributed by atoms with E-state index in [9.17, 15) is 5.11 Å². The smallest absolute Gasteiger partial charge is 0.132 e. The van der Waals surface area contributed by atoms with Crippen LogP contribution in [-0.2, 0) is 0 Å². The molecule has 0 fully saturated rings. The summed E-state index contributed by atoms with van der Waals surface area (Å²) in [6.07, 6.45) is 0.686. The predicted molar refractivity (Wildman–Crippen MR) is 124 cm³/mol. The third kappa shape index (κ3) is 3.33. The molecule has 1 heterocycles. The van der Waals surface area contributed by atoms with E-state index in [0.717, 1.165) is 43.9 Å². The molecule has 0 saturated heterocycles. The van der Waals surface area contributed by atoms with Crippen LogP contribution in [0.25, 0.3) is 10.8 Å². The van der Waals surface area contributed by atoms with E-state index in [1.54, 1.807) is 18.9 Å². The standard InChI is InChI=1S/C26H21NO2S/c1-29-23-12-6-4-10-20(23)25-16-22(27-21-11-5-7-13-24(21)30-25)19-15-14-17-8-2-3-9-18(17)26(19)28/h2-15,25,28H,16H2,1H3. The highest BCUT2D eigenvalue weighted by atomic mass is 32.2. The van der Waals surface area contributed by atoms with Crippen molar-refractivity contribution in [1.29, 1.82) is 0 Å². The first-order valence-electron chi connectivity index (χ1n) is 9.92. The summed E-state index contributed by atoms with van der Waals surface area (Å²) in [5.74, 6) is 1.16. The lowest BCUT2D eigenvalue weighted by molar-refractivity contribution is 0.409. The molecule has 1 N–H and O–H groups in total. The van der Waals surface area contributed by atoms with Crippen molar-refractivity contribution in [3.63, 3.8) is 0 Å². The topological polar surface area (TPSA) is 41.8 Å². The molecule has 3 nitrogen and oxygen atoms in total. The van der Waals surface area contributed by atoms with E-state index >= 15 is 0 Å². The van der Waals surface area contributed by atoms with Crippen LogP contribution in [-0.4, -0.2) is 17.9 Å². The second-order valence-corrected chi connectivity index (χ2v) is 8.51. The number of para-hydroxylation sites is 2. The average molecular weight is 412 g/mol. The molecule has 148 valence electrons. The highest BCUT2D eigenvalue weighted by Crippen LogP contribution is 2.48. The van der Waals surface area contributed by atoms with Crippen LogP contribution in [0, 0.1) is 0 Å². The fourth-order valence-electron chi connectivity index (χ4n) is 3.97. The van der Waals surface area contributed by atoms with E-state index in [2.05, 4.69) is 18.2 Å². The molecule has 1 aliphatic rings. The van der Waals surface area contributed by atoms with Gasteiger partial charge in [0.05, 0.1) is 18.5 Å². The van der Waals surface area contributed by atoms with E-state index in [0.29, 0.717) is 6.42 Å². The lowest BCUT2D eigenvalue weighted by Gasteiger charge is -2.19. The zero-order valence-electron chi connectivity index (χ0n) is 16.6. The number of aliphatic imine (C=N–C) groups is 1. The molecule has 4 aromatic carbocycles. The van der Waals surface area contributed by atoms with Gasteiger partial charge in [-0.1, -0.05) is 60.7 Å². The maximum atomic E-state index is 11.1. The zero-order chi connectivity index (χ0) is 20.5.